The lowest BCUT2D eigenvalue weighted by molar-refractivity contribution is 0.163. The maximum atomic E-state index is 6.57. The first kappa shape index (κ1) is 13.6. The molecule has 3 rings (SSSR count). The standard InChI is InChI=1S/C17H23N3/c1-13(20-11-9-19-10-12-20)17(18)16-8-4-6-14-5-2-3-7-15(14)16/h2-8,13,17,19H,9-12,18H2,1H3. The number of benzene rings is 2. The van der Waals surface area contributed by atoms with Gasteiger partial charge in [-0.3, -0.25) is 4.90 Å². The minimum atomic E-state index is 0.0548. The zero-order valence-electron chi connectivity index (χ0n) is 12.0. The van der Waals surface area contributed by atoms with Gasteiger partial charge in [-0.05, 0) is 23.3 Å². The molecule has 3 N–H and O–H groups in total. The van der Waals surface area contributed by atoms with Crippen LogP contribution in [0.25, 0.3) is 10.8 Å². The van der Waals surface area contributed by atoms with Gasteiger partial charge in [0.1, 0.15) is 0 Å². The summed E-state index contributed by atoms with van der Waals surface area (Å²) in [4.78, 5) is 2.49. The summed E-state index contributed by atoms with van der Waals surface area (Å²) in [6, 6.07) is 15.4. The third-order valence-electron chi connectivity index (χ3n) is 4.43. The van der Waals surface area contributed by atoms with Crippen molar-refractivity contribution in [1.29, 1.82) is 0 Å². The predicted molar refractivity (Wildman–Crippen MR) is 84.8 cm³/mol. The molecule has 1 aliphatic rings. The maximum Gasteiger partial charge on any atom is 0.0456 e. The number of nitrogens with one attached hydrogen (secondary N) is 1. The van der Waals surface area contributed by atoms with E-state index in [-0.39, 0.29) is 6.04 Å². The van der Waals surface area contributed by atoms with Crippen LogP contribution in [-0.2, 0) is 0 Å². The molecule has 3 heteroatoms. The third-order valence-corrected chi connectivity index (χ3v) is 4.43. The number of piperazine rings is 1. The maximum absolute atomic E-state index is 6.57. The zero-order chi connectivity index (χ0) is 13.9. The molecule has 3 nitrogen and oxygen atoms in total. The minimum absolute atomic E-state index is 0.0548. The normalized spacial score (nSPS) is 19.9. The molecule has 0 spiro atoms. The molecule has 20 heavy (non-hydrogen) atoms. The van der Waals surface area contributed by atoms with E-state index in [1.54, 1.807) is 0 Å². The van der Waals surface area contributed by atoms with E-state index in [4.69, 9.17) is 5.73 Å². The Morgan fingerprint density at radius 1 is 1.05 bits per heavy atom. The lowest BCUT2D eigenvalue weighted by atomic mass is 9.94. The van der Waals surface area contributed by atoms with Gasteiger partial charge in [-0.1, -0.05) is 42.5 Å². The molecule has 0 aromatic heterocycles. The summed E-state index contributed by atoms with van der Waals surface area (Å²) in [5.41, 5.74) is 7.83. The second-order valence-corrected chi connectivity index (χ2v) is 5.62. The molecule has 2 aromatic carbocycles. The van der Waals surface area contributed by atoms with Crippen molar-refractivity contribution in [3.8, 4) is 0 Å². The highest BCUT2D eigenvalue weighted by Gasteiger charge is 2.24. The van der Waals surface area contributed by atoms with E-state index in [0.29, 0.717) is 6.04 Å². The minimum Gasteiger partial charge on any atom is -0.323 e. The molecule has 0 saturated carbocycles. The predicted octanol–water partition coefficient (Wildman–Crippen LogP) is 2.13. The molecule has 0 radical (unpaired) electrons. The van der Waals surface area contributed by atoms with Crippen LogP contribution in [-0.4, -0.2) is 37.1 Å². The molecular formula is C17H23N3. The highest BCUT2D eigenvalue weighted by atomic mass is 15.2. The van der Waals surface area contributed by atoms with Gasteiger partial charge in [-0.2, -0.15) is 0 Å². The summed E-state index contributed by atoms with van der Waals surface area (Å²) in [7, 11) is 0. The van der Waals surface area contributed by atoms with Gasteiger partial charge in [0.15, 0.2) is 0 Å². The van der Waals surface area contributed by atoms with Crippen LogP contribution in [0.2, 0.25) is 0 Å². The van der Waals surface area contributed by atoms with Crippen molar-refractivity contribution in [1.82, 2.24) is 10.2 Å². The Balaban J connectivity index is 1.89. The van der Waals surface area contributed by atoms with Crippen molar-refractivity contribution in [3.05, 3.63) is 48.0 Å². The van der Waals surface area contributed by atoms with Gasteiger partial charge in [-0.15, -0.1) is 0 Å². The van der Waals surface area contributed by atoms with E-state index in [1.807, 2.05) is 0 Å². The summed E-state index contributed by atoms with van der Waals surface area (Å²) < 4.78 is 0. The Labute approximate surface area is 120 Å². The Morgan fingerprint density at radius 2 is 1.75 bits per heavy atom. The van der Waals surface area contributed by atoms with Crippen molar-refractivity contribution in [2.24, 2.45) is 5.73 Å². The molecule has 1 saturated heterocycles. The van der Waals surface area contributed by atoms with Gasteiger partial charge in [-0.25, -0.2) is 0 Å². The summed E-state index contributed by atoms with van der Waals surface area (Å²) in [5, 5.41) is 5.95. The van der Waals surface area contributed by atoms with E-state index in [1.165, 1.54) is 16.3 Å². The van der Waals surface area contributed by atoms with Gasteiger partial charge >= 0.3 is 0 Å². The van der Waals surface area contributed by atoms with Gasteiger partial charge in [0.25, 0.3) is 0 Å². The number of rotatable bonds is 3. The first-order valence-corrected chi connectivity index (χ1v) is 7.45. The van der Waals surface area contributed by atoms with Gasteiger partial charge in [0.05, 0.1) is 0 Å². The second-order valence-electron chi connectivity index (χ2n) is 5.62. The van der Waals surface area contributed by atoms with Crippen molar-refractivity contribution >= 4 is 10.8 Å². The average molecular weight is 269 g/mol. The fourth-order valence-corrected chi connectivity index (χ4v) is 3.12. The van der Waals surface area contributed by atoms with Gasteiger partial charge in [0, 0.05) is 38.3 Å². The van der Waals surface area contributed by atoms with Crippen LogP contribution in [0.3, 0.4) is 0 Å². The molecular weight excluding hydrogens is 246 g/mol. The quantitative estimate of drug-likeness (QED) is 0.897. The van der Waals surface area contributed by atoms with Crippen LogP contribution in [0.15, 0.2) is 42.5 Å². The summed E-state index contributed by atoms with van der Waals surface area (Å²) in [6.45, 7) is 6.54. The number of fused-ring (bicyclic) bond motifs is 1. The summed E-state index contributed by atoms with van der Waals surface area (Å²) >= 11 is 0. The molecule has 1 aliphatic heterocycles. The van der Waals surface area contributed by atoms with Crippen LogP contribution in [0.4, 0.5) is 0 Å². The Kier molecular flexibility index (Phi) is 4.01. The largest absolute Gasteiger partial charge is 0.323 e. The van der Waals surface area contributed by atoms with Crippen molar-refractivity contribution in [3.63, 3.8) is 0 Å². The van der Waals surface area contributed by atoms with E-state index in [2.05, 4.69) is 59.6 Å². The van der Waals surface area contributed by atoms with Crippen molar-refractivity contribution in [2.45, 2.75) is 19.0 Å². The van der Waals surface area contributed by atoms with Gasteiger partial charge < -0.3 is 11.1 Å². The molecule has 2 aromatic rings. The van der Waals surface area contributed by atoms with Crippen molar-refractivity contribution < 1.29 is 0 Å². The van der Waals surface area contributed by atoms with Crippen LogP contribution >= 0.6 is 0 Å². The molecule has 1 heterocycles. The summed E-state index contributed by atoms with van der Waals surface area (Å²) in [5.74, 6) is 0. The number of nitrogens with two attached hydrogens (primary N) is 1. The van der Waals surface area contributed by atoms with Crippen LogP contribution in [0.1, 0.15) is 18.5 Å². The molecule has 2 atom stereocenters. The highest BCUT2D eigenvalue weighted by molar-refractivity contribution is 5.86. The van der Waals surface area contributed by atoms with Crippen molar-refractivity contribution in [2.75, 3.05) is 26.2 Å². The molecule has 2 unspecified atom stereocenters. The summed E-state index contributed by atoms with van der Waals surface area (Å²) in [6.07, 6.45) is 0. The van der Waals surface area contributed by atoms with E-state index in [0.717, 1.165) is 26.2 Å². The lowest BCUT2D eigenvalue weighted by Gasteiger charge is -2.36. The van der Waals surface area contributed by atoms with E-state index < -0.39 is 0 Å². The number of nitrogens with zero attached hydrogens (tertiary/aromatic N) is 1. The number of hydrogen-bond donors (Lipinski definition) is 2. The van der Waals surface area contributed by atoms with Crippen LogP contribution < -0.4 is 11.1 Å². The molecule has 0 amide bonds. The smallest absolute Gasteiger partial charge is 0.0456 e. The zero-order valence-corrected chi connectivity index (χ0v) is 12.0. The first-order chi connectivity index (χ1) is 9.77. The Morgan fingerprint density at radius 3 is 2.55 bits per heavy atom. The Hall–Kier alpha value is -1.42. The van der Waals surface area contributed by atoms with Gasteiger partial charge in [0.2, 0.25) is 0 Å². The molecule has 0 bridgehead atoms. The monoisotopic (exact) mass is 269 g/mol. The van der Waals surface area contributed by atoms with E-state index in [9.17, 15) is 0 Å². The third kappa shape index (κ3) is 2.57. The lowest BCUT2D eigenvalue weighted by Crippen LogP contribution is -2.50. The fraction of sp³-hybridized carbons (Fsp3) is 0.412. The molecule has 106 valence electrons. The Bertz CT molecular complexity index is 570. The number of hydrogen-bond acceptors (Lipinski definition) is 3. The SMILES string of the molecule is CC(C(N)c1cccc2ccccc12)N1CCNCC1. The van der Waals surface area contributed by atoms with E-state index >= 15 is 0 Å². The average Bonchev–Trinajstić information content (AvgIpc) is 2.54. The fourth-order valence-electron chi connectivity index (χ4n) is 3.12. The topological polar surface area (TPSA) is 41.3 Å². The van der Waals surface area contributed by atoms with Crippen LogP contribution in [0, 0.1) is 0 Å². The highest BCUT2D eigenvalue weighted by Crippen LogP contribution is 2.26. The second kappa shape index (κ2) is 5.92. The first-order valence-electron chi connectivity index (χ1n) is 7.45. The van der Waals surface area contributed by atoms with Crippen LogP contribution in [0.5, 0.6) is 0 Å². The molecule has 1 fully saturated rings. The molecule has 0 aliphatic carbocycles.